The van der Waals surface area contributed by atoms with E-state index in [1.807, 2.05) is 0 Å². The molecule has 0 aromatic heterocycles. The minimum atomic E-state index is -6.06. The number of halogens is 5. The summed E-state index contributed by atoms with van der Waals surface area (Å²) in [6.45, 7) is 6.47. The second-order valence-electron chi connectivity index (χ2n) is 7.86. The van der Waals surface area contributed by atoms with E-state index in [0.29, 0.717) is 16.5 Å². The summed E-state index contributed by atoms with van der Waals surface area (Å²) in [6, 6.07) is 6.22. The third kappa shape index (κ3) is 6.20. The molecule has 0 aliphatic carbocycles. The summed E-state index contributed by atoms with van der Waals surface area (Å²) in [5, 5.41) is 0.864. The van der Waals surface area contributed by atoms with E-state index in [2.05, 4.69) is 31.9 Å². The van der Waals surface area contributed by atoms with Crippen molar-refractivity contribution in [3.63, 3.8) is 0 Å². The van der Waals surface area contributed by atoms with Crippen molar-refractivity contribution in [2.75, 3.05) is 6.61 Å². The van der Waals surface area contributed by atoms with Crippen LogP contribution in [-0.4, -0.2) is 32.1 Å². The normalized spacial score (nSPS) is 13.7. The Morgan fingerprint density at radius 1 is 1.03 bits per heavy atom. The van der Waals surface area contributed by atoms with Crippen LogP contribution in [0.5, 0.6) is 5.75 Å². The number of carbonyl (C=O) groups excluding carboxylic acids is 1. The minimum absolute atomic E-state index is 0.0254. The van der Waals surface area contributed by atoms with E-state index in [4.69, 9.17) is 13.7 Å². The van der Waals surface area contributed by atoms with Gasteiger partial charge in [-0.3, -0.25) is 0 Å². The van der Waals surface area contributed by atoms with Gasteiger partial charge in [-0.25, -0.2) is 4.79 Å². The van der Waals surface area contributed by atoms with Crippen molar-refractivity contribution in [3.05, 3.63) is 41.0 Å². The zero-order valence-corrected chi connectivity index (χ0v) is 22.2. The van der Waals surface area contributed by atoms with E-state index in [1.165, 1.54) is 12.1 Å². The molecule has 12 heteroatoms. The first-order chi connectivity index (χ1) is 15.2. The number of hydrogen-bond donors (Lipinski definition) is 0. The van der Waals surface area contributed by atoms with E-state index in [0.717, 1.165) is 0 Å². The lowest BCUT2D eigenvalue weighted by molar-refractivity contribution is -0.167. The maximum atomic E-state index is 13.3. The molecule has 2 aromatic rings. The summed E-state index contributed by atoms with van der Waals surface area (Å²) in [7, 11) is -6.06. The lowest BCUT2D eigenvalue weighted by Crippen LogP contribution is -2.32. The molecule has 0 saturated carbocycles. The van der Waals surface area contributed by atoms with Crippen LogP contribution < -0.4 is 4.18 Å². The van der Waals surface area contributed by atoms with Gasteiger partial charge in [0, 0.05) is 21.6 Å². The number of rotatable bonds is 8. The molecule has 184 valence electrons. The molecule has 0 spiro atoms. The maximum absolute atomic E-state index is 13.3. The van der Waals surface area contributed by atoms with Gasteiger partial charge in [-0.2, -0.15) is 21.6 Å². The summed E-state index contributed by atoms with van der Waals surface area (Å²) in [6.07, 6.45) is -1.56. The number of esters is 1. The molecule has 0 amide bonds. The highest BCUT2D eigenvalue weighted by atomic mass is 79.9. The fourth-order valence-corrected chi connectivity index (χ4v) is 4.95. The summed E-state index contributed by atoms with van der Waals surface area (Å²) < 4.78 is 79.7. The summed E-state index contributed by atoms with van der Waals surface area (Å²) in [5.41, 5.74) is -5.80. The summed E-state index contributed by atoms with van der Waals surface area (Å²) >= 11 is 6.70. The quantitative estimate of drug-likeness (QED) is 0.150. The minimum Gasteiger partial charge on any atom is -0.464 e. The van der Waals surface area contributed by atoms with Crippen LogP contribution in [0.2, 0.25) is 0 Å². The fourth-order valence-electron chi connectivity index (χ4n) is 3.18. The number of alkyl halides is 5. The van der Waals surface area contributed by atoms with Crippen molar-refractivity contribution in [1.82, 2.24) is 0 Å². The summed E-state index contributed by atoms with van der Waals surface area (Å²) in [5.74, 6) is -1.52. The molecular weight excluding hydrogens is 597 g/mol. The molecule has 0 aliphatic rings. The molecule has 1 atom stereocenters. The van der Waals surface area contributed by atoms with Crippen molar-refractivity contribution in [2.24, 2.45) is 0 Å². The van der Waals surface area contributed by atoms with Crippen molar-refractivity contribution < 1.29 is 40.0 Å². The van der Waals surface area contributed by atoms with Gasteiger partial charge in [0.1, 0.15) is 0 Å². The van der Waals surface area contributed by atoms with Crippen LogP contribution in [-0.2, 0) is 35.0 Å². The first-order valence-corrected chi connectivity index (χ1v) is 13.4. The van der Waals surface area contributed by atoms with Crippen molar-refractivity contribution in [3.8, 4) is 5.75 Å². The monoisotopic (exact) mass is 618 g/mol. The number of carbonyl (C=O) groups is 1. The van der Waals surface area contributed by atoms with Crippen LogP contribution in [0.25, 0.3) is 10.8 Å². The van der Waals surface area contributed by atoms with Crippen LogP contribution in [0.1, 0.15) is 50.5 Å². The molecule has 6 nitrogen and oxygen atoms in total. The standard InChI is InChI=1S/C21H23Br2F3O6S/c1-5-30-19(27)18(31-20(2,3)4)16-15(11-23)14(10-22)12-8-6-7-9-13(12)17(16)32-33(28,29)21(24,25)26/h6-9,18H,5,10-11H2,1-4H3/t18-/m0/s1. The Balaban J connectivity index is 3.05. The van der Waals surface area contributed by atoms with Crippen LogP contribution in [0.4, 0.5) is 13.2 Å². The van der Waals surface area contributed by atoms with Gasteiger partial charge >= 0.3 is 21.6 Å². The molecule has 0 saturated heterocycles. The highest BCUT2D eigenvalue weighted by Crippen LogP contribution is 2.45. The van der Waals surface area contributed by atoms with Crippen LogP contribution in [0.3, 0.4) is 0 Å². The molecular formula is C21H23Br2F3O6S. The van der Waals surface area contributed by atoms with Crippen molar-refractivity contribution in [1.29, 1.82) is 0 Å². The lowest BCUT2D eigenvalue weighted by atomic mass is 9.91. The van der Waals surface area contributed by atoms with E-state index in [9.17, 15) is 26.4 Å². The highest BCUT2D eigenvalue weighted by Gasteiger charge is 2.50. The van der Waals surface area contributed by atoms with Gasteiger partial charge in [0.05, 0.1) is 12.2 Å². The SMILES string of the molecule is CCOC(=O)[C@@H](OC(C)(C)C)c1c(CBr)c(CBr)c2ccccc2c1OS(=O)(=O)C(F)(F)F. The fraction of sp³-hybridized carbons (Fsp3) is 0.476. The van der Waals surface area contributed by atoms with E-state index in [-0.39, 0.29) is 28.2 Å². The number of ether oxygens (including phenoxy) is 2. The molecule has 0 unspecified atom stereocenters. The van der Waals surface area contributed by atoms with Crippen LogP contribution in [0, 0.1) is 0 Å². The van der Waals surface area contributed by atoms with Gasteiger partial charge < -0.3 is 13.7 Å². The number of fused-ring (bicyclic) bond motifs is 1. The highest BCUT2D eigenvalue weighted by molar-refractivity contribution is 9.09. The Hall–Kier alpha value is -1.37. The smallest absolute Gasteiger partial charge is 0.464 e. The van der Waals surface area contributed by atoms with Gasteiger partial charge in [0.25, 0.3) is 0 Å². The first-order valence-electron chi connectivity index (χ1n) is 9.72. The van der Waals surface area contributed by atoms with Crippen molar-refractivity contribution in [2.45, 2.75) is 55.6 Å². The third-order valence-electron chi connectivity index (χ3n) is 4.41. The second kappa shape index (κ2) is 10.5. The molecule has 0 N–H and O–H groups in total. The van der Waals surface area contributed by atoms with Gasteiger partial charge in [0.15, 0.2) is 11.9 Å². The molecule has 0 heterocycles. The second-order valence-corrected chi connectivity index (χ2v) is 10.5. The predicted molar refractivity (Wildman–Crippen MR) is 125 cm³/mol. The molecule has 0 radical (unpaired) electrons. The van der Waals surface area contributed by atoms with Gasteiger partial charge in [-0.15, -0.1) is 0 Å². The number of benzene rings is 2. The number of hydrogen-bond acceptors (Lipinski definition) is 6. The first kappa shape index (κ1) is 27.9. The Morgan fingerprint density at radius 3 is 2.03 bits per heavy atom. The van der Waals surface area contributed by atoms with E-state index < -0.39 is 39.1 Å². The molecule has 33 heavy (non-hydrogen) atoms. The average Bonchev–Trinajstić information content (AvgIpc) is 2.70. The summed E-state index contributed by atoms with van der Waals surface area (Å²) in [4.78, 5) is 12.9. The molecule has 0 fully saturated rings. The Kier molecular flexibility index (Phi) is 8.86. The lowest BCUT2D eigenvalue weighted by Gasteiger charge is -2.30. The Bertz CT molecular complexity index is 1130. The van der Waals surface area contributed by atoms with Gasteiger partial charge in [0.2, 0.25) is 0 Å². The van der Waals surface area contributed by atoms with Crippen LogP contribution >= 0.6 is 31.9 Å². The molecule has 0 aliphatic heterocycles. The zero-order chi connectivity index (χ0) is 25.2. The zero-order valence-electron chi connectivity index (χ0n) is 18.3. The maximum Gasteiger partial charge on any atom is 0.534 e. The topological polar surface area (TPSA) is 78.9 Å². The molecule has 2 aromatic carbocycles. The average molecular weight is 620 g/mol. The molecule has 0 bridgehead atoms. The largest absolute Gasteiger partial charge is 0.534 e. The Labute approximate surface area is 207 Å². The van der Waals surface area contributed by atoms with E-state index >= 15 is 0 Å². The van der Waals surface area contributed by atoms with Gasteiger partial charge in [-0.05, 0) is 44.2 Å². The van der Waals surface area contributed by atoms with E-state index in [1.54, 1.807) is 39.8 Å². The molecule has 2 rings (SSSR count). The third-order valence-corrected chi connectivity index (χ3v) is 6.48. The van der Waals surface area contributed by atoms with Gasteiger partial charge in [-0.1, -0.05) is 56.1 Å². The predicted octanol–water partition coefficient (Wildman–Crippen LogP) is 6.28. The Morgan fingerprint density at radius 2 is 1.58 bits per heavy atom. The van der Waals surface area contributed by atoms with Crippen LogP contribution in [0.15, 0.2) is 24.3 Å². The van der Waals surface area contributed by atoms with Crippen molar-refractivity contribution >= 4 is 58.7 Å².